The fraction of sp³-hybridized carbons (Fsp3) is 0.357. The Balaban J connectivity index is 0.00000220. The van der Waals surface area contributed by atoms with Crippen molar-refractivity contribution in [1.29, 1.82) is 0 Å². The van der Waals surface area contributed by atoms with Crippen LogP contribution >= 0.6 is 24.8 Å². The zero-order chi connectivity index (χ0) is 14.6. The van der Waals surface area contributed by atoms with Gasteiger partial charge in [-0.1, -0.05) is 19.1 Å². The van der Waals surface area contributed by atoms with E-state index < -0.39 is 10.0 Å². The highest BCUT2D eigenvalue weighted by Gasteiger charge is 2.24. The molecule has 1 aromatic carbocycles. The topological polar surface area (TPSA) is 76.3 Å². The molecule has 0 aliphatic rings. The Morgan fingerprint density at radius 2 is 1.91 bits per heavy atom. The second-order valence-corrected chi connectivity index (χ2v) is 6.45. The number of nitrogens with zero attached hydrogens (tertiary/aromatic N) is 2. The average molecular weight is 366 g/mol. The van der Waals surface area contributed by atoms with Gasteiger partial charge in [-0.25, -0.2) is 8.42 Å². The molecule has 0 amide bonds. The molecule has 5 nitrogen and oxygen atoms in total. The number of rotatable bonds is 6. The molecule has 0 saturated carbocycles. The minimum absolute atomic E-state index is 0. The number of fused-ring (bicyclic) bond motifs is 1. The smallest absolute Gasteiger partial charge is 0.243 e. The molecule has 8 heteroatoms. The summed E-state index contributed by atoms with van der Waals surface area (Å²) in [5.74, 6) is 0. The van der Waals surface area contributed by atoms with Crippen molar-refractivity contribution in [1.82, 2.24) is 9.29 Å². The van der Waals surface area contributed by atoms with E-state index >= 15 is 0 Å². The zero-order valence-electron chi connectivity index (χ0n) is 12.3. The van der Waals surface area contributed by atoms with E-state index in [1.54, 1.807) is 30.6 Å². The van der Waals surface area contributed by atoms with Crippen LogP contribution in [0.15, 0.2) is 41.6 Å². The summed E-state index contributed by atoms with van der Waals surface area (Å²) in [6.45, 7) is 3.07. The van der Waals surface area contributed by atoms with Crippen molar-refractivity contribution < 1.29 is 8.42 Å². The summed E-state index contributed by atoms with van der Waals surface area (Å²) in [6.07, 6.45) is 4.03. The molecule has 0 fully saturated rings. The van der Waals surface area contributed by atoms with Gasteiger partial charge < -0.3 is 5.73 Å². The van der Waals surface area contributed by atoms with Crippen molar-refractivity contribution in [3.8, 4) is 0 Å². The lowest BCUT2D eigenvalue weighted by molar-refractivity contribution is 0.418. The van der Waals surface area contributed by atoms with E-state index in [1.807, 2.05) is 13.0 Å². The molecule has 1 heterocycles. The monoisotopic (exact) mass is 365 g/mol. The van der Waals surface area contributed by atoms with Gasteiger partial charge in [-0.2, -0.15) is 4.31 Å². The predicted molar refractivity (Wildman–Crippen MR) is 94.3 cm³/mol. The molecular weight excluding hydrogens is 345 g/mol. The molecule has 0 radical (unpaired) electrons. The van der Waals surface area contributed by atoms with E-state index in [0.717, 1.165) is 11.8 Å². The summed E-state index contributed by atoms with van der Waals surface area (Å²) < 4.78 is 27.0. The average Bonchev–Trinajstić information content (AvgIpc) is 2.46. The Kier molecular flexibility index (Phi) is 8.88. The van der Waals surface area contributed by atoms with Gasteiger partial charge in [-0.15, -0.1) is 24.8 Å². The quantitative estimate of drug-likeness (QED) is 0.852. The number of sulfonamides is 1. The molecule has 22 heavy (non-hydrogen) atoms. The number of benzene rings is 1. The Labute approximate surface area is 143 Å². The number of halogens is 2. The molecule has 0 atom stereocenters. The zero-order valence-corrected chi connectivity index (χ0v) is 14.8. The van der Waals surface area contributed by atoms with Gasteiger partial charge in [-0.3, -0.25) is 4.98 Å². The Hall–Kier alpha value is -0.920. The molecule has 0 aliphatic heterocycles. The van der Waals surface area contributed by atoms with Gasteiger partial charge in [0.05, 0.1) is 4.90 Å². The van der Waals surface area contributed by atoms with Crippen LogP contribution < -0.4 is 5.73 Å². The predicted octanol–water partition coefficient (Wildman–Crippen LogP) is 2.44. The highest BCUT2D eigenvalue weighted by Crippen LogP contribution is 2.25. The van der Waals surface area contributed by atoms with E-state index in [9.17, 15) is 8.42 Å². The number of hydrogen-bond donors (Lipinski definition) is 1. The highest BCUT2D eigenvalue weighted by atomic mass is 35.5. The molecule has 0 spiro atoms. The first-order valence-electron chi connectivity index (χ1n) is 6.64. The molecular formula is C14H21Cl2N3O2S. The molecule has 2 N–H and O–H groups in total. The first-order valence-corrected chi connectivity index (χ1v) is 8.08. The molecule has 124 valence electrons. The van der Waals surface area contributed by atoms with Crippen LogP contribution in [-0.2, 0) is 10.0 Å². The van der Waals surface area contributed by atoms with Gasteiger partial charge in [0.2, 0.25) is 10.0 Å². The third-order valence-corrected chi connectivity index (χ3v) is 5.07. The van der Waals surface area contributed by atoms with Crippen LogP contribution in [0.4, 0.5) is 0 Å². The van der Waals surface area contributed by atoms with Crippen molar-refractivity contribution in [2.24, 2.45) is 5.73 Å². The maximum absolute atomic E-state index is 12.8. The third-order valence-electron chi connectivity index (χ3n) is 3.11. The van der Waals surface area contributed by atoms with Crippen molar-refractivity contribution in [2.45, 2.75) is 18.2 Å². The first kappa shape index (κ1) is 21.1. The standard InChI is InChI=1S/C14H19N3O2S.2ClH/c1-2-9-17(10-7-15)20(18,19)14-5-3-4-12-11-16-8-6-13(12)14;;/h3-6,8,11H,2,7,9-10,15H2,1H3;2*1H. The van der Waals surface area contributed by atoms with Crippen molar-refractivity contribution in [2.75, 3.05) is 19.6 Å². The Morgan fingerprint density at radius 1 is 1.18 bits per heavy atom. The molecule has 0 unspecified atom stereocenters. The van der Waals surface area contributed by atoms with Crippen molar-refractivity contribution >= 4 is 45.6 Å². The number of nitrogens with two attached hydrogens (primary N) is 1. The van der Waals surface area contributed by atoms with E-state index in [2.05, 4.69) is 4.98 Å². The van der Waals surface area contributed by atoms with Crippen LogP contribution in [0.2, 0.25) is 0 Å². The van der Waals surface area contributed by atoms with E-state index in [0.29, 0.717) is 29.9 Å². The maximum Gasteiger partial charge on any atom is 0.243 e. The number of aromatic nitrogens is 1. The van der Waals surface area contributed by atoms with Crippen LogP contribution in [0.1, 0.15) is 13.3 Å². The third kappa shape index (κ3) is 4.30. The summed E-state index contributed by atoms with van der Waals surface area (Å²) >= 11 is 0. The van der Waals surface area contributed by atoms with Gasteiger partial charge in [0.15, 0.2) is 0 Å². The molecule has 0 aliphatic carbocycles. The molecule has 2 aromatic rings. The van der Waals surface area contributed by atoms with Crippen molar-refractivity contribution in [3.63, 3.8) is 0 Å². The fourth-order valence-electron chi connectivity index (χ4n) is 2.20. The van der Waals surface area contributed by atoms with Gasteiger partial charge >= 0.3 is 0 Å². The normalized spacial score (nSPS) is 11.0. The minimum Gasteiger partial charge on any atom is -0.329 e. The van der Waals surface area contributed by atoms with Gasteiger partial charge in [-0.05, 0) is 18.6 Å². The van der Waals surface area contributed by atoms with Crippen molar-refractivity contribution in [3.05, 3.63) is 36.7 Å². The molecule has 2 rings (SSSR count). The summed E-state index contributed by atoms with van der Waals surface area (Å²) in [5, 5.41) is 1.51. The van der Waals surface area contributed by atoms with Crippen LogP contribution in [0.3, 0.4) is 0 Å². The van der Waals surface area contributed by atoms with Gasteiger partial charge in [0.1, 0.15) is 0 Å². The van der Waals surface area contributed by atoms with E-state index in [-0.39, 0.29) is 24.8 Å². The largest absolute Gasteiger partial charge is 0.329 e. The summed E-state index contributed by atoms with van der Waals surface area (Å²) in [5.41, 5.74) is 5.53. The fourth-order valence-corrected chi connectivity index (χ4v) is 3.96. The summed E-state index contributed by atoms with van der Waals surface area (Å²) in [4.78, 5) is 4.34. The lowest BCUT2D eigenvalue weighted by Crippen LogP contribution is -2.36. The SMILES string of the molecule is CCCN(CCN)S(=O)(=O)c1cccc2cnccc12.Cl.Cl. The second-order valence-electron chi connectivity index (χ2n) is 4.55. The van der Waals surface area contributed by atoms with Crippen LogP contribution in [-0.4, -0.2) is 37.3 Å². The maximum atomic E-state index is 12.8. The first-order chi connectivity index (χ1) is 9.61. The summed E-state index contributed by atoms with van der Waals surface area (Å²) in [7, 11) is -3.53. The second kappa shape index (κ2) is 9.27. The lowest BCUT2D eigenvalue weighted by Gasteiger charge is -2.21. The van der Waals surface area contributed by atoms with Crippen LogP contribution in [0, 0.1) is 0 Å². The summed E-state index contributed by atoms with van der Waals surface area (Å²) in [6, 6.07) is 6.96. The molecule has 1 aromatic heterocycles. The van der Waals surface area contributed by atoms with Crippen LogP contribution in [0.25, 0.3) is 10.8 Å². The van der Waals surface area contributed by atoms with E-state index in [1.165, 1.54) is 4.31 Å². The molecule has 0 saturated heterocycles. The highest BCUT2D eigenvalue weighted by molar-refractivity contribution is 7.89. The van der Waals surface area contributed by atoms with Gasteiger partial charge in [0.25, 0.3) is 0 Å². The number of hydrogen-bond acceptors (Lipinski definition) is 4. The van der Waals surface area contributed by atoms with Crippen LogP contribution in [0.5, 0.6) is 0 Å². The lowest BCUT2D eigenvalue weighted by atomic mass is 10.2. The molecule has 0 bridgehead atoms. The van der Waals surface area contributed by atoms with E-state index in [4.69, 9.17) is 5.73 Å². The Bertz CT molecular complexity index is 684. The Morgan fingerprint density at radius 3 is 2.55 bits per heavy atom. The number of pyridine rings is 1. The van der Waals surface area contributed by atoms with Gasteiger partial charge in [0, 0.05) is 42.8 Å². The minimum atomic E-state index is -3.53.